The number of carbonyl (C=O) groups is 1. The van der Waals surface area contributed by atoms with Crippen molar-refractivity contribution in [3.63, 3.8) is 0 Å². The lowest BCUT2D eigenvalue weighted by atomic mass is 10.1. The molecule has 4 heteroatoms. The summed E-state index contributed by atoms with van der Waals surface area (Å²) in [6, 6.07) is 0. The maximum absolute atomic E-state index is 9.93. The molecule has 0 saturated carbocycles. The van der Waals surface area contributed by atoms with Crippen molar-refractivity contribution in [2.24, 2.45) is 0 Å². The van der Waals surface area contributed by atoms with Gasteiger partial charge in [0, 0.05) is 13.0 Å². The van der Waals surface area contributed by atoms with Crippen LogP contribution in [0.5, 0.6) is 0 Å². The largest absolute Gasteiger partial charge is 0.481 e. The summed E-state index contributed by atoms with van der Waals surface area (Å²) in [5.41, 5.74) is 0. The minimum atomic E-state index is -0.919. The Balaban J connectivity index is 3.21. The third-order valence-corrected chi connectivity index (χ3v) is 1.15. The van der Waals surface area contributed by atoms with Gasteiger partial charge in [-0.05, 0) is 12.8 Å². The Hall–Kier alpha value is -0.610. The van der Waals surface area contributed by atoms with Gasteiger partial charge in [-0.2, -0.15) is 0 Å². The predicted molar refractivity (Wildman–Crippen MR) is 34.6 cm³/mol. The molecule has 0 aliphatic heterocycles. The summed E-state index contributed by atoms with van der Waals surface area (Å²) >= 11 is 0. The summed E-state index contributed by atoms with van der Waals surface area (Å²) in [6.07, 6.45) is -0.245. The molecule has 60 valence electrons. The van der Waals surface area contributed by atoms with E-state index in [0.29, 0.717) is 0 Å². The molecule has 10 heavy (non-hydrogen) atoms. The number of carboxylic acids is 1. The van der Waals surface area contributed by atoms with Crippen molar-refractivity contribution in [3.05, 3.63) is 0 Å². The monoisotopic (exact) mass is 148 g/mol. The van der Waals surface area contributed by atoms with Crippen LogP contribution >= 0.6 is 0 Å². The molecule has 0 bridgehead atoms. The molecular weight excluding hydrogens is 136 g/mol. The Labute approximate surface area is 59.1 Å². The zero-order valence-electron chi connectivity index (χ0n) is 5.66. The van der Waals surface area contributed by atoms with Crippen LogP contribution in [0, 0.1) is 0 Å². The Morgan fingerprint density at radius 2 is 2.00 bits per heavy atom. The van der Waals surface area contributed by atoms with Crippen LogP contribution in [0.1, 0.15) is 19.3 Å². The van der Waals surface area contributed by atoms with E-state index in [1.807, 2.05) is 0 Å². The van der Waals surface area contributed by atoms with Crippen LogP contribution in [0.4, 0.5) is 0 Å². The number of aliphatic carboxylic acids is 1. The standard InChI is InChI=1S/C6H12O4/c7-4-3-5(8)1-2-6(9)10/h5,7-8H,1-4H2,(H,9,10)/t5-/m1/s1. The second-order valence-electron chi connectivity index (χ2n) is 2.10. The zero-order valence-corrected chi connectivity index (χ0v) is 5.66. The van der Waals surface area contributed by atoms with Crippen LogP contribution in [0.2, 0.25) is 0 Å². The second-order valence-corrected chi connectivity index (χ2v) is 2.10. The molecule has 0 aromatic rings. The van der Waals surface area contributed by atoms with Crippen LogP contribution < -0.4 is 0 Å². The van der Waals surface area contributed by atoms with Gasteiger partial charge in [0.05, 0.1) is 6.10 Å². The number of aliphatic hydroxyl groups is 2. The number of hydrogen-bond acceptors (Lipinski definition) is 3. The van der Waals surface area contributed by atoms with E-state index in [4.69, 9.17) is 15.3 Å². The first-order chi connectivity index (χ1) is 4.66. The summed E-state index contributed by atoms with van der Waals surface area (Å²) < 4.78 is 0. The van der Waals surface area contributed by atoms with Crippen LogP contribution in [-0.2, 0) is 4.79 Å². The molecule has 1 atom stereocenters. The van der Waals surface area contributed by atoms with E-state index >= 15 is 0 Å². The first kappa shape index (κ1) is 9.39. The van der Waals surface area contributed by atoms with E-state index in [0.717, 1.165) is 0 Å². The van der Waals surface area contributed by atoms with E-state index in [2.05, 4.69) is 0 Å². The third kappa shape index (κ3) is 5.53. The molecule has 0 fully saturated rings. The SMILES string of the molecule is O=C(O)CC[C@@H](O)CCO. The summed E-state index contributed by atoms with van der Waals surface area (Å²) in [5.74, 6) is -0.919. The van der Waals surface area contributed by atoms with Crippen molar-refractivity contribution >= 4 is 5.97 Å². The van der Waals surface area contributed by atoms with Gasteiger partial charge in [-0.25, -0.2) is 0 Å². The second kappa shape index (κ2) is 5.20. The number of rotatable bonds is 5. The van der Waals surface area contributed by atoms with Gasteiger partial charge in [-0.1, -0.05) is 0 Å². The smallest absolute Gasteiger partial charge is 0.303 e. The van der Waals surface area contributed by atoms with Crippen molar-refractivity contribution < 1.29 is 20.1 Å². The quantitative estimate of drug-likeness (QED) is 0.495. The predicted octanol–water partition coefficient (Wildman–Crippen LogP) is -0.406. The van der Waals surface area contributed by atoms with Gasteiger partial charge in [0.15, 0.2) is 0 Å². The lowest BCUT2D eigenvalue weighted by Crippen LogP contribution is -2.10. The van der Waals surface area contributed by atoms with Crippen molar-refractivity contribution in [1.82, 2.24) is 0 Å². The maximum Gasteiger partial charge on any atom is 0.303 e. The number of hydrogen-bond donors (Lipinski definition) is 3. The molecule has 0 aliphatic rings. The highest BCUT2D eigenvalue weighted by Gasteiger charge is 2.05. The molecule has 0 amide bonds. The molecule has 0 aromatic heterocycles. The fraction of sp³-hybridized carbons (Fsp3) is 0.833. The first-order valence-corrected chi connectivity index (χ1v) is 3.17. The summed E-state index contributed by atoms with van der Waals surface area (Å²) in [5, 5.41) is 25.3. The molecule has 0 heterocycles. The molecule has 0 aliphatic carbocycles. The van der Waals surface area contributed by atoms with E-state index < -0.39 is 12.1 Å². The average Bonchev–Trinajstić information content (AvgIpc) is 1.85. The minimum Gasteiger partial charge on any atom is -0.481 e. The van der Waals surface area contributed by atoms with Gasteiger partial charge in [0.25, 0.3) is 0 Å². The Kier molecular flexibility index (Phi) is 4.88. The van der Waals surface area contributed by atoms with Crippen molar-refractivity contribution in [2.75, 3.05) is 6.61 Å². The maximum atomic E-state index is 9.93. The summed E-state index contributed by atoms with van der Waals surface area (Å²) in [6.45, 7) is -0.0964. The molecule has 0 rings (SSSR count). The Morgan fingerprint density at radius 3 is 2.40 bits per heavy atom. The van der Waals surface area contributed by atoms with Crippen LogP contribution in [0.15, 0.2) is 0 Å². The Morgan fingerprint density at radius 1 is 1.40 bits per heavy atom. The third-order valence-electron chi connectivity index (χ3n) is 1.15. The molecule has 0 unspecified atom stereocenters. The Bertz CT molecular complexity index is 102. The number of carboxylic acid groups (broad SMARTS) is 1. The van der Waals surface area contributed by atoms with Gasteiger partial charge in [0.2, 0.25) is 0 Å². The molecule has 0 aromatic carbocycles. The highest BCUT2D eigenvalue weighted by molar-refractivity contribution is 5.66. The van der Waals surface area contributed by atoms with E-state index in [1.54, 1.807) is 0 Å². The van der Waals surface area contributed by atoms with Crippen LogP contribution in [0.25, 0.3) is 0 Å². The van der Waals surface area contributed by atoms with Gasteiger partial charge in [0.1, 0.15) is 0 Å². The fourth-order valence-corrected chi connectivity index (χ4v) is 0.583. The topological polar surface area (TPSA) is 77.8 Å². The minimum absolute atomic E-state index is 0.0405. The lowest BCUT2D eigenvalue weighted by molar-refractivity contribution is -0.137. The summed E-state index contributed by atoms with van der Waals surface area (Å²) in [7, 11) is 0. The van der Waals surface area contributed by atoms with E-state index in [9.17, 15) is 4.79 Å². The molecule has 4 nitrogen and oxygen atoms in total. The molecule has 3 N–H and O–H groups in total. The van der Waals surface area contributed by atoms with Crippen LogP contribution in [-0.4, -0.2) is 34.0 Å². The van der Waals surface area contributed by atoms with Gasteiger partial charge in [-0.15, -0.1) is 0 Å². The molecule has 0 saturated heterocycles. The molecule has 0 spiro atoms. The lowest BCUT2D eigenvalue weighted by Gasteiger charge is -2.04. The summed E-state index contributed by atoms with van der Waals surface area (Å²) in [4.78, 5) is 9.93. The average molecular weight is 148 g/mol. The van der Waals surface area contributed by atoms with Gasteiger partial charge in [-0.3, -0.25) is 4.79 Å². The highest BCUT2D eigenvalue weighted by atomic mass is 16.4. The first-order valence-electron chi connectivity index (χ1n) is 3.17. The molecule has 0 radical (unpaired) electrons. The van der Waals surface area contributed by atoms with E-state index in [1.165, 1.54) is 0 Å². The fourth-order valence-electron chi connectivity index (χ4n) is 0.583. The number of aliphatic hydroxyl groups excluding tert-OH is 2. The van der Waals surface area contributed by atoms with Crippen molar-refractivity contribution in [2.45, 2.75) is 25.4 Å². The van der Waals surface area contributed by atoms with Crippen LogP contribution in [0.3, 0.4) is 0 Å². The van der Waals surface area contributed by atoms with Crippen molar-refractivity contribution in [1.29, 1.82) is 0 Å². The highest BCUT2D eigenvalue weighted by Crippen LogP contribution is 2.00. The van der Waals surface area contributed by atoms with Crippen molar-refractivity contribution in [3.8, 4) is 0 Å². The van der Waals surface area contributed by atoms with Gasteiger partial charge < -0.3 is 15.3 Å². The zero-order chi connectivity index (χ0) is 7.98. The van der Waals surface area contributed by atoms with E-state index in [-0.39, 0.29) is 25.9 Å². The van der Waals surface area contributed by atoms with Gasteiger partial charge >= 0.3 is 5.97 Å². The normalized spacial score (nSPS) is 13.0. The molecular formula is C6H12O4.